The number of hydrogen-bond acceptors (Lipinski definition) is 2. The molecule has 1 fully saturated rings. The molecule has 0 spiro atoms. The van der Waals surface area contributed by atoms with Crippen molar-refractivity contribution < 1.29 is 4.74 Å². The summed E-state index contributed by atoms with van der Waals surface area (Å²) in [5.74, 6) is 0. The predicted octanol–water partition coefficient (Wildman–Crippen LogP) is 4.01. The lowest BCUT2D eigenvalue weighted by Crippen LogP contribution is -2.29. The van der Waals surface area contributed by atoms with Crippen LogP contribution in [0, 0.1) is 0 Å². The van der Waals surface area contributed by atoms with Gasteiger partial charge in [-0.15, -0.1) is 0 Å². The summed E-state index contributed by atoms with van der Waals surface area (Å²) in [6.07, 6.45) is 10.2. The molecule has 1 aliphatic rings. The van der Waals surface area contributed by atoms with Crippen molar-refractivity contribution in [1.29, 1.82) is 0 Å². The number of ether oxygens (including phenoxy) is 1. The largest absolute Gasteiger partial charge is 0.379 e. The molecule has 0 aromatic heterocycles. The summed E-state index contributed by atoms with van der Waals surface area (Å²) < 4.78 is 5.45. The maximum absolute atomic E-state index is 5.45. The summed E-state index contributed by atoms with van der Waals surface area (Å²) in [5, 5.41) is 0. The van der Waals surface area contributed by atoms with Gasteiger partial charge in [-0.3, -0.25) is 4.90 Å². The van der Waals surface area contributed by atoms with Crippen molar-refractivity contribution in [2.45, 2.75) is 64.9 Å². The van der Waals surface area contributed by atoms with Crippen LogP contribution in [-0.4, -0.2) is 37.2 Å². The highest BCUT2D eigenvalue weighted by Gasteiger charge is 2.15. The molecule has 0 atom stereocenters. The van der Waals surface area contributed by atoms with Gasteiger partial charge in [-0.25, -0.2) is 0 Å². The molecule has 1 aliphatic heterocycles. The number of rotatable bonds is 7. The third-order valence-corrected chi connectivity index (χ3v) is 4.05. The van der Waals surface area contributed by atoms with Crippen LogP contribution < -0.4 is 0 Å². The lowest BCUT2D eigenvalue weighted by molar-refractivity contribution is 0.0140. The Bertz CT molecular complexity index is 252. The van der Waals surface area contributed by atoms with Crippen molar-refractivity contribution in [3.05, 3.63) is 11.6 Å². The molecule has 0 amide bonds. The molecule has 1 saturated heterocycles. The van der Waals surface area contributed by atoms with E-state index in [0.29, 0.717) is 0 Å². The molecule has 2 nitrogen and oxygen atoms in total. The van der Waals surface area contributed by atoms with Gasteiger partial charge >= 0.3 is 0 Å². The fraction of sp³-hybridized carbons (Fsp3) is 0.875. The normalized spacial score (nSPS) is 19.2. The minimum atomic E-state index is 0.0349. The number of methoxy groups -OCH3 is 1. The van der Waals surface area contributed by atoms with Gasteiger partial charge in [-0.1, -0.05) is 18.1 Å². The van der Waals surface area contributed by atoms with E-state index in [2.05, 4.69) is 31.7 Å². The summed E-state index contributed by atoms with van der Waals surface area (Å²) in [5.41, 5.74) is 1.57. The van der Waals surface area contributed by atoms with Crippen LogP contribution in [0.1, 0.15) is 59.3 Å². The molecule has 1 heterocycles. The van der Waals surface area contributed by atoms with Crippen LogP contribution in [0.2, 0.25) is 0 Å². The fourth-order valence-corrected chi connectivity index (χ4v) is 2.42. The van der Waals surface area contributed by atoms with Gasteiger partial charge in [0.15, 0.2) is 0 Å². The molecule has 0 radical (unpaired) electrons. The van der Waals surface area contributed by atoms with Crippen LogP contribution in [0.3, 0.4) is 0 Å². The maximum atomic E-state index is 5.45. The van der Waals surface area contributed by atoms with Gasteiger partial charge in [0.05, 0.1) is 5.60 Å². The zero-order valence-electron chi connectivity index (χ0n) is 12.8. The SMILES string of the molecule is COC(C)(C)CCCC(C)=CCN1CCCCC1. The molecule has 2 heteroatoms. The standard InChI is InChI=1S/C16H31NO/c1-15(9-8-11-16(2,3)18-4)10-14-17-12-6-5-7-13-17/h10H,5-9,11-14H2,1-4H3. The van der Waals surface area contributed by atoms with Crippen molar-refractivity contribution in [3.8, 4) is 0 Å². The lowest BCUT2D eigenvalue weighted by atomic mass is 9.99. The molecule has 0 N–H and O–H groups in total. The first-order valence-electron chi connectivity index (χ1n) is 7.47. The Labute approximate surface area is 113 Å². The third-order valence-electron chi connectivity index (χ3n) is 4.05. The van der Waals surface area contributed by atoms with Crippen molar-refractivity contribution in [2.75, 3.05) is 26.7 Å². The Morgan fingerprint density at radius 3 is 2.50 bits per heavy atom. The summed E-state index contributed by atoms with van der Waals surface area (Å²) in [6.45, 7) is 10.3. The summed E-state index contributed by atoms with van der Waals surface area (Å²) >= 11 is 0. The first-order valence-corrected chi connectivity index (χ1v) is 7.47. The molecular formula is C16H31NO. The van der Waals surface area contributed by atoms with Crippen LogP contribution in [0.4, 0.5) is 0 Å². The first kappa shape index (κ1) is 15.7. The van der Waals surface area contributed by atoms with Crippen LogP contribution in [-0.2, 0) is 4.74 Å². The summed E-state index contributed by atoms with van der Waals surface area (Å²) in [6, 6.07) is 0. The summed E-state index contributed by atoms with van der Waals surface area (Å²) in [4.78, 5) is 2.58. The Balaban J connectivity index is 2.17. The van der Waals surface area contributed by atoms with Crippen molar-refractivity contribution in [1.82, 2.24) is 4.90 Å². The van der Waals surface area contributed by atoms with E-state index in [4.69, 9.17) is 4.74 Å². The highest BCUT2D eigenvalue weighted by atomic mass is 16.5. The van der Waals surface area contributed by atoms with Gasteiger partial charge < -0.3 is 4.74 Å². The monoisotopic (exact) mass is 253 g/mol. The molecule has 1 rings (SSSR count). The van der Waals surface area contributed by atoms with Gasteiger partial charge in [0, 0.05) is 13.7 Å². The van der Waals surface area contributed by atoms with Crippen molar-refractivity contribution >= 4 is 0 Å². The average molecular weight is 253 g/mol. The molecule has 0 aromatic carbocycles. The minimum absolute atomic E-state index is 0.0349. The molecule has 18 heavy (non-hydrogen) atoms. The van der Waals surface area contributed by atoms with Gasteiger partial charge in [-0.2, -0.15) is 0 Å². The average Bonchev–Trinajstić information content (AvgIpc) is 2.37. The Morgan fingerprint density at radius 2 is 1.89 bits per heavy atom. The van der Waals surface area contributed by atoms with E-state index in [9.17, 15) is 0 Å². The highest BCUT2D eigenvalue weighted by Crippen LogP contribution is 2.19. The van der Waals surface area contributed by atoms with Gasteiger partial charge in [0.2, 0.25) is 0 Å². The van der Waals surface area contributed by atoms with Crippen molar-refractivity contribution in [3.63, 3.8) is 0 Å². The molecule has 106 valence electrons. The highest BCUT2D eigenvalue weighted by molar-refractivity contribution is 4.99. The van der Waals surface area contributed by atoms with Crippen LogP contribution in [0.15, 0.2) is 11.6 Å². The zero-order chi connectivity index (χ0) is 13.4. The molecule has 0 aliphatic carbocycles. The fourth-order valence-electron chi connectivity index (χ4n) is 2.42. The van der Waals surface area contributed by atoms with E-state index in [1.165, 1.54) is 50.8 Å². The number of allylic oxidation sites excluding steroid dienone is 1. The van der Waals surface area contributed by atoms with E-state index in [1.54, 1.807) is 7.11 Å². The van der Waals surface area contributed by atoms with Crippen LogP contribution >= 0.6 is 0 Å². The molecular weight excluding hydrogens is 222 g/mol. The Hall–Kier alpha value is -0.340. The first-order chi connectivity index (χ1) is 8.53. The lowest BCUT2D eigenvalue weighted by Gasteiger charge is -2.25. The van der Waals surface area contributed by atoms with Crippen LogP contribution in [0.25, 0.3) is 0 Å². The molecule has 0 saturated carbocycles. The Morgan fingerprint density at radius 1 is 1.22 bits per heavy atom. The smallest absolute Gasteiger partial charge is 0.0622 e. The van der Waals surface area contributed by atoms with Crippen LogP contribution in [0.5, 0.6) is 0 Å². The van der Waals surface area contributed by atoms with E-state index in [0.717, 1.165) is 13.0 Å². The second kappa shape index (κ2) is 7.96. The van der Waals surface area contributed by atoms with Gasteiger partial charge in [-0.05, 0) is 66.0 Å². The van der Waals surface area contributed by atoms with Crippen molar-refractivity contribution in [2.24, 2.45) is 0 Å². The van der Waals surface area contributed by atoms with E-state index < -0.39 is 0 Å². The van der Waals surface area contributed by atoms with E-state index >= 15 is 0 Å². The zero-order valence-corrected chi connectivity index (χ0v) is 12.8. The van der Waals surface area contributed by atoms with Gasteiger partial charge in [0.1, 0.15) is 0 Å². The Kier molecular flexibility index (Phi) is 6.95. The van der Waals surface area contributed by atoms with E-state index in [1.807, 2.05) is 0 Å². The van der Waals surface area contributed by atoms with E-state index in [-0.39, 0.29) is 5.60 Å². The predicted molar refractivity (Wildman–Crippen MR) is 79.0 cm³/mol. The molecule has 0 bridgehead atoms. The number of piperidine rings is 1. The number of hydrogen-bond donors (Lipinski definition) is 0. The maximum Gasteiger partial charge on any atom is 0.0622 e. The second-order valence-corrected chi connectivity index (χ2v) is 6.23. The quantitative estimate of drug-likeness (QED) is 0.636. The topological polar surface area (TPSA) is 12.5 Å². The molecule has 0 aromatic rings. The minimum Gasteiger partial charge on any atom is -0.379 e. The second-order valence-electron chi connectivity index (χ2n) is 6.23. The summed E-state index contributed by atoms with van der Waals surface area (Å²) in [7, 11) is 1.80. The number of nitrogens with zero attached hydrogens (tertiary/aromatic N) is 1. The third kappa shape index (κ3) is 6.55. The van der Waals surface area contributed by atoms with Gasteiger partial charge in [0.25, 0.3) is 0 Å². The molecule has 0 unspecified atom stereocenters. The number of likely N-dealkylation sites (tertiary alicyclic amines) is 1.